The van der Waals surface area contributed by atoms with Crippen molar-refractivity contribution in [3.63, 3.8) is 0 Å². The van der Waals surface area contributed by atoms with E-state index in [4.69, 9.17) is 0 Å². The Balaban J connectivity index is 3.14. The summed E-state index contributed by atoms with van der Waals surface area (Å²) in [6.45, 7) is 0. The molecule has 1 rings (SSSR count). The highest BCUT2D eigenvalue weighted by molar-refractivity contribution is 9.10. The van der Waals surface area contributed by atoms with Gasteiger partial charge in [-0.05, 0) is 23.8 Å². The average Bonchev–Trinajstić information content (AvgIpc) is 2.25. The molecule has 2 N–H and O–H groups in total. The molecule has 2 unspecified atom stereocenters. The Morgan fingerprint density at radius 3 is 2.24 bits per heavy atom. The van der Waals surface area contributed by atoms with Crippen LogP contribution in [-0.2, 0) is 6.18 Å². The van der Waals surface area contributed by atoms with Gasteiger partial charge in [-0.1, -0.05) is 31.9 Å². The van der Waals surface area contributed by atoms with E-state index in [1.807, 2.05) is 0 Å². The van der Waals surface area contributed by atoms with Crippen molar-refractivity contribution in [1.29, 1.82) is 0 Å². The number of aliphatic hydroxyl groups excluding tert-OH is 2. The third-order valence-corrected chi connectivity index (χ3v) is 3.23. The summed E-state index contributed by atoms with van der Waals surface area (Å²) in [6, 6.07) is 3.07. The minimum absolute atomic E-state index is 0.0126. The van der Waals surface area contributed by atoms with Crippen LogP contribution in [0.25, 0.3) is 0 Å². The van der Waals surface area contributed by atoms with Crippen molar-refractivity contribution in [2.75, 3.05) is 5.33 Å². The first-order chi connectivity index (χ1) is 7.75. The molecule has 0 fully saturated rings. The smallest absolute Gasteiger partial charge is 0.389 e. The van der Waals surface area contributed by atoms with Crippen LogP contribution < -0.4 is 0 Å². The summed E-state index contributed by atoms with van der Waals surface area (Å²) in [5, 5.41) is 19.1. The molecule has 0 aliphatic carbocycles. The van der Waals surface area contributed by atoms with Gasteiger partial charge in [0.2, 0.25) is 0 Å². The van der Waals surface area contributed by atoms with Gasteiger partial charge in [-0.3, -0.25) is 0 Å². The Bertz CT molecular complexity index is 396. The standard InChI is InChI=1S/C10H9Br2F3O2/c11-4-8(16)9(17)5-1-6(10(13,14)15)3-7(12)2-5/h1-3,8-9,16-17H,4H2. The molecule has 1 aromatic carbocycles. The van der Waals surface area contributed by atoms with Gasteiger partial charge in [0.25, 0.3) is 0 Å². The summed E-state index contributed by atoms with van der Waals surface area (Å²) in [5.74, 6) is 0. The van der Waals surface area contributed by atoms with Crippen molar-refractivity contribution in [3.05, 3.63) is 33.8 Å². The van der Waals surface area contributed by atoms with Crippen LogP contribution in [-0.4, -0.2) is 21.6 Å². The van der Waals surface area contributed by atoms with E-state index in [-0.39, 0.29) is 15.4 Å². The Morgan fingerprint density at radius 2 is 1.76 bits per heavy atom. The largest absolute Gasteiger partial charge is 0.416 e. The quantitative estimate of drug-likeness (QED) is 0.794. The van der Waals surface area contributed by atoms with Crippen LogP contribution >= 0.6 is 31.9 Å². The Hall–Kier alpha value is -0.110. The maximum absolute atomic E-state index is 12.5. The van der Waals surface area contributed by atoms with E-state index in [1.54, 1.807) is 0 Å². The molecule has 96 valence electrons. The molecule has 0 heterocycles. The van der Waals surface area contributed by atoms with E-state index < -0.39 is 23.9 Å². The number of hydrogen-bond donors (Lipinski definition) is 2. The van der Waals surface area contributed by atoms with Crippen molar-refractivity contribution in [3.8, 4) is 0 Å². The van der Waals surface area contributed by atoms with Crippen LogP contribution in [0.2, 0.25) is 0 Å². The van der Waals surface area contributed by atoms with E-state index in [0.717, 1.165) is 12.1 Å². The molecule has 2 atom stereocenters. The second kappa shape index (κ2) is 5.69. The summed E-state index contributed by atoms with van der Waals surface area (Å²) in [7, 11) is 0. The maximum atomic E-state index is 12.5. The fourth-order valence-electron chi connectivity index (χ4n) is 1.25. The number of halogens is 5. The third kappa shape index (κ3) is 3.94. The summed E-state index contributed by atoms with van der Waals surface area (Å²) >= 11 is 5.89. The normalized spacial score (nSPS) is 15.7. The van der Waals surface area contributed by atoms with Gasteiger partial charge in [0.15, 0.2) is 0 Å². The third-order valence-electron chi connectivity index (χ3n) is 2.11. The van der Waals surface area contributed by atoms with E-state index in [1.165, 1.54) is 6.07 Å². The average molecular weight is 378 g/mol. The molecule has 2 nitrogen and oxygen atoms in total. The van der Waals surface area contributed by atoms with Crippen LogP contribution in [0, 0.1) is 0 Å². The zero-order valence-corrected chi connectivity index (χ0v) is 11.6. The van der Waals surface area contributed by atoms with Gasteiger partial charge in [-0.2, -0.15) is 13.2 Å². The maximum Gasteiger partial charge on any atom is 0.416 e. The Kier molecular flexibility index (Phi) is 5.00. The monoisotopic (exact) mass is 376 g/mol. The van der Waals surface area contributed by atoms with Crippen molar-refractivity contribution < 1.29 is 23.4 Å². The molecule has 7 heteroatoms. The number of hydrogen-bond acceptors (Lipinski definition) is 2. The lowest BCUT2D eigenvalue weighted by Gasteiger charge is -2.18. The molecule has 0 spiro atoms. The number of alkyl halides is 4. The first-order valence-electron chi connectivity index (χ1n) is 4.55. The van der Waals surface area contributed by atoms with Crippen molar-refractivity contribution >= 4 is 31.9 Å². The lowest BCUT2D eigenvalue weighted by Crippen LogP contribution is -2.20. The number of benzene rings is 1. The second-order valence-electron chi connectivity index (χ2n) is 3.44. The number of aliphatic hydroxyl groups is 2. The number of rotatable bonds is 3. The van der Waals surface area contributed by atoms with Gasteiger partial charge < -0.3 is 10.2 Å². The minimum Gasteiger partial charge on any atom is -0.389 e. The second-order valence-corrected chi connectivity index (χ2v) is 5.00. The van der Waals surface area contributed by atoms with Crippen LogP contribution in [0.15, 0.2) is 22.7 Å². The van der Waals surface area contributed by atoms with E-state index in [2.05, 4.69) is 31.9 Å². The fraction of sp³-hybridized carbons (Fsp3) is 0.400. The van der Waals surface area contributed by atoms with Gasteiger partial charge in [0, 0.05) is 9.80 Å². The predicted octanol–water partition coefficient (Wildman–Crippen LogP) is 3.26. The Morgan fingerprint density at radius 1 is 1.18 bits per heavy atom. The lowest BCUT2D eigenvalue weighted by molar-refractivity contribution is -0.137. The summed E-state index contributed by atoms with van der Waals surface area (Å²) < 4.78 is 37.8. The van der Waals surface area contributed by atoms with Crippen molar-refractivity contribution in [2.45, 2.75) is 18.4 Å². The molecule has 17 heavy (non-hydrogen) atoms. The van der Waals surface area contributed by atoms with Gasteiger partial charge in [0.1, 0.15) is 6.10 Å². The molecule has 0 radical (unpaired) electrons. The minimum atomic E-state index is -4.49. The molecule has 0 bridgehead atoms. The van der Waals surface area contributed by atoms with Gasteiger partial charge in [-0.25, -0.2) is 0 Å². The molecule has 0 amide bonds. The zero-order valence-electron chi connectivity index (χ0n) is 8.38. The van der Waals surface area contributed by atoms with Gasteiger partial charge in [0.05, 0.1) is 11.7 Å². The van der Waals surface area contributed by atoms with E-state index in [0.29, 0.717) is 0 Å². The fourth-order valence-corrected chi connectivity index (χ4v) is 2.12. The van der Waals surface area contributed by atoms with Crippen molar-refractivity contribution in [1.82, 2.24) is 0 Å². The summed E-state index contributed by atoms with van der Waals surface area (Å²) in [6.07, 6.45) is -7.02. The molecular weight excluding hydrogens is 369 g/mol. The highest BCUT2D eigenvalue weighted by Gasteiger charge is 2.32. The lowest BCUT2D eigenvalue weighted by atomic mass is 10.0. The highest BCUT2D eigenvalue weighted by Crippen LogP contribution is 2.34. The van der Waals surface area contributed by atoms with E-state index >= 15 is 0 Å². The van der Waals surface area contributed by atoms with Gasteiger partial charge in [-0.15, -0.1) is 0 Å². The molecule has 0 aliphatic rings. The molecule has 0 saturated carbocycles. The zero-order chi connectivity index (χ0) is 13.2. The molecule has 1 aromatic rings. The highest BCUT2D eigenvalue weighted by atomic mass is 79.9. The topological polar surface area (TPSA) is 40.5 Å². The predicted molar refractivity (Wildman–Crippen MR) is 63.9 cm³/mol. The molecule has 0 saturated heterocycles. The molecule has 0 aromatic heterocycles. The SMILES string of the molecule is OC(CBr)C(O)c1cc(Br)cc(C(F)(F)F)c1. The first-order valence-corrected chi connectivity index (χ1v) is 6.47. The Labute approximate surface area is 113 Å². The van der Waals surface area contributed by atoms with Crippen LogP contribution in [0.5, 0.6) is 0 Å². The van der Waals surface area contributed by atoms with Crippen LogP contribution in [0.4, 0.5) is 13.2 Å². The molecular formula is C10H9Br2F3O2. The van der Waals surface area contributed by atoms with Gasteiger partial charge >= 0.3 is 6.18 Å². The summed E-state index contributed by atoms with van der Waals surface area (Å²) in [5.41, 5.74) is -0.860. The van der Waals surface area contributed by atoms with Crippen LogP contribution in [0.1, 0.15) is 17.2 Å². The molecule has 0 aliphatic heterocycles. The summed E-state index contributed by atoms with van der Waals surface area (Å²) in [4.78, 5) is 0. The first kappa shape index (κ1) is 14.9. The van der Waals surface area contributed by atoms with Crippen LogP contribution in [0.3, 0.4) is 0 Å². The van der Waals surface area contributed by atoms with Crippen molar-refractivity contribution in [2.24, 2.45) is 0 Å². The van der Waals surface area contributed by atoms with E-state index in [9.17, 15) is 23.4 Å².